The molecule has 55 heavy (non-hydrogen) atoms. The second-order valence-electron chi connectivity index (χ2n) is 16.1. The number of imidazole rings is 1. The van der Waals surface area contributed by atoms with Crippen molar-refractivity contribution >= 4 is 23.6 Å². The van der Waals surface area contributed by atoms with E-state index in [-0.39, 0.29) is 30.4 Å². The van der Waals surface area contributed by atoms with Crippen molar-refractivity contribution in [2.45, 2.75) is 116 Å². The van der Waals surface area contributed by atoms with Crippen LogP contribution in [-0.4, -0.2) is 123 Å². The molecule has 0 aliphatic carbocycles. The van der Waals surface area contributed by atoms with Gasteiger partial charge in [0, 0.05) is 61.0 Å². The van der Waals surface area contributed by atoms with E-state index in [1.165, 1.54) is 13.0 Å². The molecule has 3 aliphatic rings. The summed E-state index contributed by atoms with van der Waals surface area (Å²) >= 11 is 0. The third kappa shape index (κ3) is 9.19. The lowest BCUT2D eigenvalue weighted by molar-refractivity contribution is -0.278. The molecule has 0 spiro atoms. The zero-order chi connectivity index (χ0) is 40.2. The molecule has 0 bridgehead atoms. The maximum atomic E-state index is 14.4. The van der Waals surface area contributed by atoms with Gasteiger partial charge in [-0.2, -0.15) is 0 Å². The Morgan fingerprint density at radius 2 is 1.76 bits per heavy atom. The van der Waals surface area contributed by atoms with Gasteiger partial charge in [-0.3, -0.25) is 24.3 Å². The van der Waals surface area contributed by atoms with E-state index >= 15 is 0 Å². The molecular formula is C41H59N5O9. The number of amides is 1. The van der Waals surface area contributed by atoms with Crippen LogP contribution in [0.3, 0.4) is 0 Å². The van der Waals surface area contributed by atoms with Gasteiger partial charge in [-0.05, 0) is 77.8 Å². The summed E-state index contributed by atoms with van der Waals surface area (Å²) in [6.07, 6.45) is 7.22. The summed E-state index contributed by atoms with van der Waals surface area (Å²) in [6.45, 7) is 15.1. The largest absolute Gasteiger partial charge is 0.460 e. The van der Waals surface area contributed by atoms with Gasteiger partial charge in [0.25, 0.3) is 0 Å². The number of aromatic nitrogens is 3. The molecule has 3 aliphatic heterocycles. The summed E-state index contributed by atoms with van der Waals surface area (Å²) in [5, 5.41) is 11.3. The number of esters is 1. The lowest BCUT2D eigenvalue weighted by Gasteiger charge is -2.44. The molecule has 14 heteroatoms. The smallest absolute Gasteiger partial charge is 0.411 e. The fourth-order valence-electron chi connectivity index (χ4n) is 8.59. The number of carbonyl (C=O) groups excluding carboxylic acids is 4. The van der Waals surface area contributed by atoms with Gasteiger partial charge in [0.2, 0.25) is 0 Å². The normalized spacial score (nSPS) is 35.2. The van der Waals surface area contributed by atoms with Gasteiger partial charge in [0.1, 0.15) is 24.4 Å². The van der Waals surface area contributed by atoms with Crippen LogP contribution in [-0.2, 0) is 39.9 Å². The zero-order valence-electron chi connectivity index (χ0n) is 33.5. The molecule has 5 rings (SSSR count). The molecule has 3 saturated heterocycles. The number of hydrogen-bond acceptors (Lipinski definition) is 12. The Morgan fingerprint density at radius 3 is 2.44 bits per heavy atom. The number of aliphatic hydroxyl groups is 1. The minimum absolute atomic E-state index is 0.113. The first-order valence-electron chi connectivity index (χ1n) is 19.5. The minimum Gasteiger partial charge on any atom is -0.460 e. The van der Waals surface area contributed by atoms with Crippen molar-refractivity contribution in [1.82, 2.24) is 24.3 Å². The summed E-state index contributed by atoms with van der Waals surface area (Å²) in [4.78, 5) is 67.7. The molecule has 2 aromatic rings. The van der Waals surface area contributed by atoms with Gasteiger partial charge in [0.15, 0.2) is 17.7 Å². The number of carbonyl (C=O) groups is 4. The van der Waals surface area contributed by atoms with Crippen molar-refractivity contribution < 1.29 is 43.2 Å². The molecule has 9 unspecified atom stereocenters. The van der Waals surface area contributed by atoms with Crippen LogP contribution in [0.2, 0.25) is 0 Å². The number of likely N-dealkylation sites (N-methyl/N-ethyl adjacent to an activating group) is 1. The Kier molecular flexibility index (Phi) is 13.7. The van der Waals surface area contributed by atoms with E-state index in [9.17, 15) is 24.3 Å². The lowest BCUT2D eigenvalue weighted by Crippen LogP contribution is -2.56. The van der Waals surface area contributed by atoms with E-state index in [4.69, 9.17) is 18.9 Å². The van der Waals surface area contributed by atoms with E-state index in [1.54, 1.807) is 37.5 Å². The second-order valence-corrected chi connectivity index (χ2v) is 16.1. The summed E-state index contributed by atoms with van der Waals surface area (Å²) in [6, 6.07) is 2.75. The Morgan fingerprint density at radius 1 is 1.04 bits per heavy atom. The summed E-state index contributed by atoms with van der Waals surface area (Å²) < 4.78 is 26.3. The number of ether oxygens (including phenoxy) is 4. The van der Waals surface area contributed by atoms with E-state index in [0.717, 1.165) is 11.3 Å². The number of pyridine rings is 1. The van der Waals surface area contributed by atoms with Gasteiger partial charge < -0.3 is 33.5 Å². The molecule has 5 heterocycles. The van der Waals surface area contributed by atoms with Gasteiger partial charge in [-0.1, -0.05) is 34.3 Å². The molecule has 14 nitrogen and oxygen atoms in total. The number of ketones is 2. The number of Topliss-reactive ketones (excluding diaryl/α,β-unsaturated/α-hetero) is 2. The van der Waals surface area contributed by atoms with E-state index in [2.05, 4.69) is 16.5 Å². The van der Waals surface area contributed by atoms with E-state index in [1.807, 2.05) is 62.7 Å². The molecule has 3 fully saturated rings. The van der Waals surface area contributed by atoms with Crippen molar-refractivity contribution in [3.63, 3.8) is 0 Å². The standard InChI is InChI=1S/C41H59N5O9/c1-10-41-22-52-38(50)29(7)34(48)27(5)36(54-39-35(49)32(44(8)9)19-26(4)53-39)25(3)18-24(2)33(47)28(6)37(41)46(40(51)55-41)17-12-11-16-45-21-31(43-23-45)30-14-13-15-42-20-30/h10,13-15,20-21,23-29,32,35-37,39,49H,1,11-12,16-19,22H2,2-9H3/t24?,25?,26-,27?,28?,29?,32+,35-,36?,37?,39?,41?/m1/s1. The maximum Gasteiger partial charge on any atom is 0.411 e. The van der Waals surface area contributed by atoms with E-state index < -0.39 is 78.3 Å². The average molecular weight is 766 g/mol. The lowest BCUT2D eigenvalue weighted by atomic mass is 9.76. The Labute approximate surface area is 324 Å². The molecule has 0 saturated carbocycles. The van der Waals surface area contributed by atoms with Crippen molar-refractivity contribution in [1.29, 1.82) is 0 Å². The zero-order valence-corrected chi connectivity index (χ0v) is 33.5. The Bertz CT molecular complexity index is 1670. The molecule has 0 radical (unpaired) electrons. The second kappa shape index (κ2) is 17.9. The summed E-state index contributed by atoms with van der Waals surface area (Å²) in [7, 11) is 3.76. The quantitative estimate of drug-likeness (QED) is 0.156. The summed E-state index contributed by atoms with van der Waals surface area (Å²) in [5.41, 5.74) is 0.210. The van der Waals surface area contributed by atoms with Crippen LogP contribution >= 0.6 is 0 Å². The highest BCUT2D eigenvalue weighted by Crippen LogP contribution is 2.40. The number of rotatable bonds is 10. The highest BCUT2D eigenvalue weighted by atomic mass is 16.7. The van der Waals surface area contributed by atoms with Crippen molar-refractivity contribution in [3.8, 4) is 11.3 Å². The first-order valence-corrected chi connectivity index (χ1v) is 19.5. The van der Waals surface area contributed by atoms with E-state index in [0.29, 0.717) is 32.2 Å². The van der Waals surface area contributed by atoms with Gasteiger partial charge in [0.05, 0.1) is 30.3 Å². The number of aryl methyl sites for hydroxylation is 1. The molecule has 1 N–H and O–H groups in total. The van der Waals surface area contributed by atoms with Gasteiger partial charge >= 0.3 is 12.1 Å². The Hall–Kier alpha value is -3.98. The Balaban J connectivity index is 1.36. The van der Waals surface area contributed by atoms with Crippen molar-refractivity contribution in [3.05, 3.63) is 49.7 Å². The average Bonchev–Trinajstić information content (AvgIpc) is 3.76. The molecule has 302 valence electrons. The predicted octanol–water partition coefficient (Wildman–Crippen LogP) is 4.55. The predicted molar refractivity (Wildman–Crippen MR) is 203 cm³/mol. The fourth-order valence-corrected chi connectivity index (χ4v) is 8.59. The number of nitrogens with zero attached hydrogens (tertiary/aromatic N) is 5. The third-order valence-corrected chi connectivity index (χ3v) is 11.8. The van der Waals surface area contributed by atoms with Gasteiger partial charge in [-0.25, -0.2) is 9.78 Å². The SMILES string of the molecule is C=CC12COC(=O)C(C)C(=O)C(C)C(OC3O[C@H](C)C[C@H](N(C)C)[C@H]3O)C(C)CC(C)C(=O)C(C)C1N(CCCCn1cnc(-c3cccnc3)c1)C(=O)O2. The number of cyclic esters (lactones) is 1. The van der Waals surface area contributed by atoms with Crippen molar-refractivity contribution in [2.75, 3.05) is 27.2 Å². The van der Waals surface area contributed by atoms with Crippen LogP contribution in [0.15, 0.2) is 49.7 Å². The van der Waals surface area contributed by atoms with Crippen LogP contribution in [0.4, 0.5) is 4.79 Å². The summed E-state index contributed by atoms with van der Waals surface area (Å²) in [5.74, 6) is -4.91. The first kappa shape index (κ1) is 42.2. The topological polar surface area (TPSA) is 163 Å². The first-order chi connectivity index (χ1) is 26.1. The monoisotopic (exact) mass is 765 g/mol. The van der Waals surface area contributed by atoms with Gasteiger partial charge in [-0.15, -0.1) is 0 Å². The molecule has 12 atom stereocenters. The third-order valence-electron chi connectivity index (χ3n) is 11.8. The highest BCUT2D eigenvalue weighted by Gasteiger charge is 2.57. The highest BCUT2D eigenvalue weighted by molar-refractivity contribution is 6.00. The number of fused-ring (bicyclic) bond motifs is 1. The molecule has 0 aromatic carbocycles. The van der Waals surface area contributed by atoms with Crippen LogP contribution in [0.25, 0.3) is 11.3 Å². The van der Waals surface area contributed by atoms with Crippen LogP contribution in [0.5, 0.6) is 0 Å². The van der Waals surface area contributed by atoms with Crippen LogP contribution in [0, 0.1) is 29.6 Å². The van der Waals surface area contributed by atoms with Crippen LogP contribution in [0.1, 0.15) is 67.2 Å². The molecular weight excluding hydrogens is 706 g/mol. The van der Waals surface area contributed by atoms with Crippen molar-refractivity contribution in [2.24, 2.45) is 29.6 Å². The van der Waals surface area contributed by atoms with Crippen LogP contribution < -0.4 is 0 Å². The number of aliphatic hydroxyl groups excluding tert-OH is 1. The number of hydrogen-bond donors (Lipinski definition) is 1. The minimum atomic E-state index is -1.52. The number of unbranched alkanes of at least 4 members (excludes halogenated alkanes) is 1. The maximum absolute atomic E-state index is 14.4. The fraction of sp³-hybridized carbons (Fsp3) is 0.659. The molecule has 1 amide bonds. The molecule has 2 aromatic heterocycles.